The third kappa shape index (κ3) is 3.81. The monoisotopic (exact) mass is 358 g/mol. The van der Waals surface area contributed by atoms with E-state index < -0.39 is 6.10 Å². The summed E-state index contributed by atoms with van der Waals surface area (Å²) < 4.78 is 7.55. The number of ether oxygens (including phenoxy) is 1. The van der Waals surface area contributed by atoms with Gasteiger partial charge in [-0.05, 0) is 38.3 Å². The second-order valence-electron chi connectivity index (χ2n) is 6.56. The zero-order chi connectivity index (χ0) is 18.5. The number of carbonyl (C=O) groups excluding carboxylic acids is 1. The van der Waals surface area contributed by atoms with Crippen LogP contribution in [0.1, 0.15) is 44.9 Å². The molecule has 2 aromatic rings. The van der Waals surface area contributed by atoms with Gasteiger partial charge in [0.25, 0.3) is 5.91 Å². The van der Waals surface area contributed by atoms with Crippen molar-refractivity contribution in [2.45, 2.75) is 51.7 Å². The molecule has 1 N–H and O–H groups in total. The van der Waals surface area contributed by atoms with E-state index >= 15 is 0 Å². The fourth-order valence-corrected chi connectivity index (χ4v) is 3.48. The van der Waals surface area contributed by atoms with E-state index in [1.807, 2.05) is 49.1 Å². The Morgan fingerprint density at radius 2 is 1.96 bits per heavy atom. The van der Waals surface area contributed by atoms with Gasteiger partial charge in [-0.15, -0.1) is 0 Å². The Bertz CT molecular complexity index is 776. The number of hydrogen-bond acceptors (Lipinski definition) is 4. The average molecular weight is 358 g/mol. The summed E-state index contributed by atoms with van der Waals surface area (Å²) in [6.45, 7) is 5.81. The molecule has 2 heterocycles. The summed E-state index contributed by atoms with van der Waals surface area (Å²) in [5.41, 5.74) is -0.164. The summed E-state index contributed by atoms with van der Waals surface area (Å²) in [6, 6.07) is 9.45. The lowest BCUT2D eigenvalue weighted by Crippen LogP contribution is -2.45. The number of nitrogens with zero attached hydrogens (tertiary/aromatic N) is 3. The standard InChI is InChI=1S/C19H26N4O3/c1-3-16(26-15-8-6-5-7-9-15)18(24)22-12-10-14(11-13-22)17-20-21-19(25)23(17)4-2/h5-9,14,16H,3-4,10-13H2,1-2H3,(H,21,25)/t16-/m0/s1. The number of carbonyl (C=O) groups is 1. The Balaban J connectivity index is 1.61. The molecule has 140 valence electrons. The number of piperidine rings is 1. The number of amides is 1. The fraction of sp³-hybridized carbons (Fsp3) is 0.526. The smallest absolute Gasteiger partial charge is 0.343 e. The molecule has 0 spiro atoms. The molecule has 7 heteroatoms. The molecule has 26 heavy (non-hydrogen) atoms. The molecule has 0 aliphatic carbocycles. The van der Waals surface area contributed by atoms with Crippen molar-refractivity contribution in [1.29, 1.82) is 0 Å². The van der Waals surface area contributed by atoms with Gasteiger partial charge >= 0.3 is 5.69 Å². The number of benzene rings is 1. The highest BCUT2D eigenvalue weighted by atomic mass is 16.5. The number of aromatic amines is 1. The van der Waals surface area contributed by atoms with Crippen LogP contribution in [0, 0.1) is 0 Å². The summed E-state index contributed by atoms with van der Waals surface area (Å²) in [4.78, 5) is 26.4. The summed E-state index contributed by atoms with van der Waals surface area (Å²) in [5.74, 6) is 1.75. The third-order valence-electron chi connectivity index (χ3n) is 4.94. The maximum absolute atomic E-state index is 12.8. The van der Waals surface area contributed by atoms with Crippen molar-refractivity contribution in [1.82, 2.24) is 19.7 Å². The molecule has 0 saturated carbocycles. The Morgan fingerprint density at radius 3 is 2.58 bits per heavy atom. The highest BCUT2D eigenvalue weighted by Gasteiger charge is 2.31. The largest absolute Gasteiger partial charge is 0.481 e. The van der Waals surface area contributed by atoms with Crippen LogP contribution in [0.15, 0.2) is 35.1 Å². The van der Waals surface area contributed by atoms with Gasteiger partial charge in [-0.25, -0.2) is 9.89 Å². The predicted octanol–water partition coefficient (Wildman–Crippen LogP) is 2.15. The van der Waals surface area contributed by atoms with E-state index in [0.717, 1.165) is 18.7 Å². The van der Waals surface area contributed by atoms with E-state index in [0.29, 0.717) is 31.8 Å². The van der Waals surface area contributed by atoms with Crippen LogP contribution in [0.4, 0.5) is 0 Å². The molecule has 1 fully saturated rings. The van der Waals surface area contributed by atoms with Gasteiger partial charge < -0.3 is 9.64 Å². The Labute approximate surface area is 153 Å². The minimum Gasteiger partial charge on any atom is -0.481 e. The minimum atomic E-state index is -0.465. The Hall–Kier alpha value is -2.57. The number of likely N-dealkylation sites (tertiary alicyclic amines) is 1. The maximum Gasteiger partial charge on any atom is 0.343 e. The molecule has 7 nitrogen and oxygen atoms in total. The second kappa shape index (κ2) is 8.21. The summed E-state index contributed by atoms with van der Waals surface area (Å²) in [6.07, 6.45) is 1.77. The first kappa shape index (κ1) is 18.2. The SMILES string of the molecule is CC[C@H](Oc1ccccc1)C(=O)N1CCC(c2n[nH]c(=O)n2CC)CC1. The van der Waals surface area contributed by atoms with E-state index in [9.17, 15) is 9.59 Å². The highest BCUT2D eigenvalue weighted by Crippen LogP contribution is 2.27. The number of para-hydroxylation sites is 1. The van der Waals surface area contributed by atoms with Gasteiger partial charge in [-0.1, -0.05) is 25.1 Å². The number of rotatable bonds is 6. The first-order valence-electron chi connectivity index (χ1n) is 9.29. The van der Waals surface area contributed by atoms with Crippen molar-refractivity contribution in [2.24, 2.45) is 0 Å². The van der Waals surface area contributed by atoms with Crippen LogP contribution in [0.2, 0.25) is 0 Å². The number of H-pyrrole nitrogens is 1. The fourth-order valence-electron chi connectivity index (χ4n) is 3.48. The van der Waals surface area contributed by atoms with Crippen molar-refractivity contribution in [3.8, 4) is 5.75 Å². The third-order valence-corrected chi connectivity index (χ3v) is 4.94. The number of hydrogen-bond donors (Lipinski definition) is 1. The molecule has 1 aliphatic rings. The van der Waals surface area contributed by atoms with Crippen LogP contribution in [0.25, 0.3) is 0 Å². The van der Waals surface area contributed by atoms with Gasteiger partial charge in [0.1, 0.15) is 11.6 Å². The average Bonchev–Trinajstić information content (AvgIpc) is 3.07. The summed E-state index contributed by atoms with van der Waals surface area (Å²) in [7, 11) is 0. The van der Waals surface area contributed by atoms with E-state index in [1.54, 1.807) is 4.57 Å². The van der Waals surface area contributed by atoms with Crippen molar-refractivity contribution in [2.75, 3.05) is 13.1 Å². The lowest BCUT2D eigenvalue weighted by atomic mass is 9.95. The minimum absolute atomic E-state index is 0.0321. The zero-order valence-corrected chi connectivity index (χ0v) is 15.4. The molecule has 1 amide bonds. The van der Waals surface area contributed by atoms with Gasteiger partial charge in [0, 0.05) is 25.6 Å². The summed E-state index contributed by atoms with van der Waals surface area (Å²) >= 11 is 0. The van der Waals surface area contributed by atoms with Crippen LogP contribution in [0.5, 0.6) is 5.75 Å². The topological polar surface area (TPSA) is 80.2 Å². The number of nitrogens with one attached hydrogen (secondary N) is 1. The van der Waals surface area contributed by atoms with Crippen LogP contribution in [-0.2, 0) is 11.3 Å². The molecule has 0 unspecified atom stereocenters. The maximum atomic E-state index is 12.8. The van der Waals surface area contributed by atoms with Crippen molar-refractivity contribution in [3.05, 3.63) is 46.6 Å². The van der Waals surface area contributed by atoms with E-state index in [1.165, 1.54) is 0 Å². The predicted molar refractivity (Wildman–Crippen MR) is 98.2 cm³/mol. The van der Waals surface area contributed by atoms with E-state index in [4.69, 9.17) is 4.74 Å². The molecule has 1 aromatic heterocycles. The van der Waals surface area contributed by atoms with Crippen molar-refractivity contribution in [3.63, 3.8) is 0 Å². The molecular weight excluding hydrogens is 332 g/mol. The van der Waals surface area contributed by atoms with Crippen LogP contribution >= 0.6 is 0 Å². The molecule has 0 bridgehead atoms. The highest BCUT2D eigenvalue weighted by molar-refractivity contribution is 5.81. The molecule has 1 atom stereocenters. The van der Waals surface area contributed by atoms with Crippen LogP contribution in [0.3, 0.4) is 0 Å². The lowest BCUT2D eigenvalue weighted by molar-refractivity contribution is -0.140. The molecule has 0 radical (unpaired) electrons. The first-order chi connectivity index (χ1) is 12.6. The van der Waals surface area contributed by atoms with E-state index in [2.05, 4.69) is 10.2 Å². The number of aromatic nitrogens is 3. The van der Waals surface area contributed by atoms with Crippen LogP contribution in [-0.4, -0.2) is 44.8 Å². The molecule has 3 rings (SSSR count). The lowest BCUT2D eigenvalue weighted by Gasteiger charge is -2.33. The van der Waals surface area contributed by atoms with Gasteiger partial charge in [-0.2, -0.15) is 5.10 Å². The Morgan fingerprint density at radius 1 is 1.27 bits per heavy atom. The molecule has 1 aliphatic heterocycles. The molecule has 1 aromatic carbocycles. The van der Waals surface area contributed by atoms with Gasteiger partial charge in [0.2, 0.25) is 0 Å². The van der Waals surface area contributed by atoms with Crippen LogP contribution < -0.4 is 10.4 Å². The quantitative estimate of drug-likeness (QED) is 0.858. The first-order valence-corrected chi connectivity index (χ1v) is 9.29. The zero-order valence-electron chi connectivity index (χ0n) is 15.4. The molecular formula is C19H26N4O3. The second-order valence-corrected chi connectivity index (χ2v) is 6.56. The van der Waals surface area contributed by atoms with Crippen molar-refractivity contribution >= 4 is 5.91 Å². The van der Waals surface area contributed by atoms with Crippen molar-refractivity contribution < 1.29 is 9.53 Å². The summed E-state index contributed by atoms with van der Waals surface area (Å²) in [5, 5.41) is 6.72. The molecule has 1 saturated heterocycles. The Kier molecular flexibility index (Phi) is 5.75. The van der Waals surface area contributed by atoms with Gasteiger partial charge in [0.15, 0.2) is 6.10 Å². The normalized spacial score (nSPS) is 16.5. The van der Waals surface area contributed by atoms with Gasteiger partial charge in [-0.3, -0.25) is 9.36 Å². The van der Waals surface area contributed by atoms with E-state index in [-0.39, 0.29) is 17.5 Å². The van der Waals surface area contributed by atoms with Gasteiger partial charge in [0.05, 0.1) is 0 Å².